The summed E-state index contributed by atoms with van der Waals surface area (Å²) in [6.07, 6.45) is -2.58. The molecule has 0 aromatic heterocycles. The molecule has 0 bridgehead atoms. The molecular formula is C11H16F3NO3S. The summed E-state index contributed by atoms with van der Waals surface area (Å²) in [4.78, 5) is 12.6. The summed E-state index contributed by atoms with van der Waals surface area (Å²) in [5, 5.41) is -1.73. The van der Waals surface area contributed by atoms with Gasteiger partial charge in [0.15, 0.2) is 5.37 Å². The quantitative estimate of drug-likeness (QED) is 0.791. The first-order valence-electron chi connectivity index (χ1n) is 6.15. The molecule has 0 aromatic rings. The van der Waals surface area contributed by atoms with Crippen molar-refractivity contribution in [2.45, 2.75) is 30.5 Å². The molecule has 0 spiro atoms. The minimum absolute atomic E-state index is 0.0285. The lowest BCUT2D eigenvalue weighted by molar-refractivity contribution is -0.169. The molecule has 0 radical (unpaired) electrons. The number of carbonyl (C=O) groups is 1. The molecule has 2 aliphatic rings. The van der Waals surface area contributed by atoms with Gasteiger partial charge in [0.2, 0.25) is 5.91 Å². The van der Waals surface area contributed by atoms with Gasteiger partial charge in [-0.25, -0.2) is 0 Å². The van der Waals surface area contributed by atoms with Gasteiger partial charge in [-0.15, -0.1) is 11.8 Å². The van der Waals surface area contributed by atoms with Crippen molar-refractivity contribution in [3.63, 3.8) is 0 Å². The second kappa shape index (κ2) is 6.32. The lowest BCUT2D eigenvalue weighted by Gasteiger charge is -2.25. The van der Waals surface area contributed by atoms with Crippen molar-refractivity contribution in [3.05, 3.63) is 0 Å². The minimum Gasteiger partial charge on any atom is -0.376 e. The van der Waals surface area contributed by atoms with Gasteiger partial charge in [0.05, 0.1) is 12.7 Å². The molecule has 2 rings (SSSR count). The average molecular weight is 299 g/mol. The van der Waals surface area contributed by atoms with Crippen LogP contribution in [0.5, 0.6) is 0 Å². The maximum absolute atomic E-state index is 12.7. The second-order valence-electron chi connectivity index (χ2n) is 4.50. The summed E-state index contributed by atoms with van der Waals surface area (Å²) < 4.78 is 48.5. The topological polar surface area (TPSA) is 38.8 Å². The van der Waals surface area contributed by atoms with Crippen LogP contribution in [0, 0.1) is 0 Å². The van der Waals surface area contributed by atoms with E-state index in [0.717, 1.165) is 29.5 Å². The van der Waals surface area contributed by atoms with Crippen LogP contribution in [0.25, 0.3) is 0 Å². The van der Waals surface area contributed by atoms with Crippen LogP contribution in [-0.4, -0.2) is 60.6 Å². The Kier molecular flexibility index (Phi) is 4.97. The van der Waals surface area contributed by atoms with Gasteiger partial charge in [-0.05, 0) is 12.8 Å². The van der Waals surface area contributed by atoms with Gasteiger partial charge in [0.1, 0.15) is 6.61 Å². The van der Waals surface area contributed by atoms with Crippen LogP contribution < -0.4 is 0 Å². The van der Waals surface area contributed by atoms with E-state index in [4.69, 9.17) is 9.47 Å². The molecule has 2 unspecified atom stereocenters. The van der Waals surface area contributed by atoms with Crippen molar-refractivity contribution in [2.75, 3.05) is 32.1 Å². The van der Waals surface area contributed by atoms with Gasteiger partial charge in [0.25, 0.3) is 0 Å². The van der Waals surface area contributed by atoms with Crippen LogP contribution in [0.4, 0.5) is 13.2 Å². The third kappa shape index (κ3) is 4.00. The highest BCUT2D eigenvalue weighted by Gasteiger charge is 2.48. The zero-order chi connectivity index (χ0) is 13.9. The van der Waals surface area contributed by atoms with E-state index in [1.54, 1.807) is 0 Å². The average Bonchev–Trinajstić information content (AvgIpc) is 2.98. The molecule has 1 amide bonds. The Balaban J connectivity index is 1.75. The third-order valence-corrected chi connectivity index (χ3v) is 4.30. The van der Waals surface area contributed by atoms with Crippen LogP contribution in [0.1, 0.15) is 12.8 Å². The van der Waals surface area contributed by atoms with E-state index in [2.05, 4.69) is 0 Å². The van der Waals surface area contributed by atoms with Gasteiger partial charge in [-0.2, -0.15) is 13.2 Å². The maximum atomic E-state index is 12.7. The van der Waals surface area contributed by atoms with E-state index in [0.29, 0.717) is 12.4 Å². The molecule has 2 atom stereocenters. The predicted octanol–water partition coefficient (Wildman–Crippen LogP) is 1.65. The Labute approximate surface area is 113 Å². The lowest BCUT2D eigenvalue weighted by Crippen LogP contribution is -2.45. The van der Waals surface area contributed by atoms with Crippen molar-refractivity contribution in [1.29, 1.82) is 0 Å². The summed E-state index contributed by atoms with van der Waals surface area (Å²) in [6, 6.07) is 0. The molecule has 0 N–H and O–H groups in total. The summed E-state index contributed by atoms with van der Waals surface area (Å²) >= 11 is 0.744. The fraction of sp³-hybridized carbons (Fsp3) is 0.909. The highest BCUT2D eigenvalue weighted by molar-refractivity contribution is 8.00. The number of halogens is 3. The number of thioether (sulfide) groups is 1. The molecule has 19 heavy (non-hydrogen) atoms. The first-order chi connectivity index (χ1) is 8.98. The SMILES string of the molecule is O=C(COCC1CCCO1)N1CCSC1C(F)(F)F. The molecule has 2 fully saturated rings. The number of hydrogen-bond donors (Lipinski definition) is 0. The predicted molar refractivity (Wildman–Crippen MR) is 63.8 cm³/mol. The standard InChI is InChI=1S/C11H16F3NO3S/c12-11(13,14)10-15(3-5-19-10)9(16)7-17-6-8-2-1-4-18-8/h8,10H,1-7H2. The van der Waals surface area contributed by atoms with Crippen molar-refractivity contribution >= 4 is 17.7 Å². The summed E-state index contributed by atoms with van der Waals surface area (Å²) in [7, 11) is 0. The number of carbonyl (C=O) groups excluding carboxylic acids is 1. The van der Waals surface area contributed by atoms with E-state index < -0.39 is 17.5 Å². The summed E-state index contributed by atoms with van der Waals surface area (Å²) in [5.41, 5.74) is 0. The van der Waals surface area contributed by atoms with Crippen LogP contribution in [0.15, 0.2) is 0 Å². The fourth-order valence-electron chi connectivity index (χ4n) is 2.13. The van der Waals surface area contributed by atoms with E-state index in [-0.39, 0.29) is 25.9 Å². The number of alkyl halides is 3. The molecule has 4 nitrogen and oxygen atoms in total. The van der Waals surface area contributed by atoms with Crippen LogP contribution in [0.3, 0.4) is 0 Å². The van der Waals surface area contributed by atoms with Crippen LogP contribution >= 0.6 is 11.8 Å². The summed E-state index contributed by atoms with van der Waals surface area (Å²) in [6.45, 7) is 0.758. The van der Waals surface area contributed by atoms with Crippen LogP contribution in [-0.2, 0) is 14.3 Å². The maximum Gasteiger partial charge on any atom is 0.418 e. The van der Waals surface area contributed by atoms with E-state index >= 15 is 0 Å². The molecule has 0 aliphatic carbocycles. The zero-order valence-electron chi connectivity index (χ0n) is 10.3. The molecule has 0 aromatic carbocycles. The lowest BCUT2D eigenvalue weighted by atomic mass is 10.2. The van der Waals surface area contributed by atoms with Crippen molar-refractivity contribution < 1.29 is 27.4 Å². The fourth-order valence-corrected chi connectivity index (χ4v) is 3.25. The largest absolute Gasteiger partial charge is 0.418 e. The molecule has 0 saturated carbocycles. The number of hydrogen-bond acceptors (Lipinski definition) is 4. The number of rotatable bonds is 4. The highest BCUT2D eigenvalue weighted by Crippen LogP contribution is 2.37. The van der Waals surface area contributed by atoms with Gasteiger partial charge in [0, 0.05) is 18.9 Å². The van der Waals surface area contributed by atoms with E-state index in [1.807, 2.05) is 0 Å². The molecule has 8 heteroatoms. The van der Waals surface area contributed by atoms with Crippen molar-refractivity contribution in [3.8, 4) is 0 Å². The van der Waals surface area contributed by atoms with Gasteiger partial charge in [-0.1, -0.05) is 0 Å². The molecule has 110 valence electrons. The Morgan fingerprint density at radius 1 is 1.47 bits per heavy atom. The third-order valence-electron chi connectivity index (χ3n) is 3.04. The van der Waals surface area contributed by atoms with E-state index in [9.17, 15) is 18.0 Å². The Hall–Kier alpha value is -0.470. The monoisotopic (exact) mass is 299 g/mol. The normalized spacial score (nSPS) is 28.1. The molecule has 2 aliphatic heterocycles. The zero-order valence-corrected chi connectivity index (χ0v) is 11.1. The number of nitrogens with zero attached hydrogens (tertiary/aromatic N) is 1. The Morgan fingerprint density at radius 2 is 2.26 bits per heavy atom. The first-order valence-corrected chi connectivity index (χ1v) is 7.20. The molecule has 2 saturated heterocycles. The van der Waals surface area contributed by atoms with Gasteiger partial charge in [-0.3, -0.25) is 4.79 Å². The number of ether oxygens (including phenoxy) is 2. The van der Waals surface area contributed by atoms with E-state index in [1.165, 1.54) is 0 Å². The number of amides is 1. The van der Waals surface area contributed by atoms with Gasteiger partial charge >= 0.3 is 6.18 Å². The highest BCUT2D eigenvalue weighted by atomic mass is 32.2. The molecular weight excluding hydrogens is 283 g/mol. The van der Waals surface area contributed by atoms with Crippen molar-refractivity contribution in [1.82, 2.24) is 4.90 Å². The van der Waals surface area contributed by atoms with Gasteiger partial charge < -0.3 is 14.4 Å². The Morgan fingerprint density at radius 3 is 2.89 bits per heavy atom. The Bertz CT molecular complexity index is 321. The minimum atomic E-state index is -4.38. The second-order valence-corrected chi connectivity index (χ2v) is 5.69. The molecule has 2 heterocycles. The van der Waals surface area contributed by atoms with Crippen molar-refractivity contribution in [2.24, 2.45) is 0 Å². The summed E-state index contributed by atoms with van der Waals surface area (Å²) in [5.74, 6) is -0.299. The first kappa shape index (κ1) is 14.9. The van der Waals surface area contributed by atoms with Crippen LogP contribution in [0.2, 0.25) is 0 Å². The smallest absolute Gasteiger partial charge is 0.376 e.